The van der Waals surface area contributed by atoms with Gasteiger partial charge < -0.3 is 11.1 Å². The molecule has 0 unspecified atom stereocenters. The topological polar surface area (TPSA) is 118 Å². The summed E-state index contributed by atoms with van der Waals surface area (Å²) in [4.78, 5) is 24.5. The first kappa shape index (κ1) is 16.8. The van der Waals surface area contributed by atoms with Crippen molar-refractivity contribution in [1.29, 1.82) is 5.26 Å². The number of nitrogens with one attached hydrogen (secondary N) is 1. The van der Waals surface area contributed by atoms with Crippen LogP contribution in [0.4, 0.5) is 16.0 Å². The lowest BCUT2D eigenvalue weighted by atomic mass is 10.0. The maximum Gasteiger partial charge on any atom is 0.231 e. The summed E-state index contributed by atoms with van der Waals surface area (Å²) >= 11 is 0. The van der Waals surface area contributed by atoms with Crippen molar-refractivity contribution in [2.75, 3.05) is 11.1 Å². The summed E-state index contributed by atoms with van der Waals surface area (Å²) in [6, 6.07) is 7.14. The van der Waals surface area contributed by atoms with Gasteiger partial charge in [-0.3, -0.25) is 4.79 Å². The average Bonchev–Trinajstić information content (AvgIpc) is 3.38. The van der Waals surface area contributed by atoms with Gasteiger partial charge in [-0.2, -0.15) is 5.26 Å². The maximum atomic E-state index is 13.0. The molecule has 1 aliphatic carbocycles. The third-order valence-corrected chi connectivity index (χ3v) is 4.54. The normalized spacial score (nSPS) is 18.1. The van der Waals surface area contributed by atoms with Crippen molar-refractivity contribution in [2.45, 2.75) is 19.5 Å². The number of rotatable bonds is 3. The average molecular weight is 362 g/mol. The Bertz CT molecular complexity index is 1120. The molecule has 0 bridgehead atoms. The Kier molecular flexibility index (Phi) is 3.92. The van der Waals surface area contributed by atoms with Crippen LogP contribution in [-0.2, 0) is 4.79 Å². The second-order valence-electron chi connectivity index (χ2n) is 6.53. The largest absolute Gasteiger partial charge is 0.383 e. The van der Waals surface area contributed by atoms with E-state index in [4.69, 9.17) is 11.0 Å². The van der Waals surface area contributed by atoms with Crippen molar-refractivity contribution in [3.63, 3.8) is 0 Å². The van der Waals surface area contributed by atoms with Crippen LogP contribution in [-0.4, -0.2) is 27.0 Å². The highest BCUT2D eigenvalue weighted by Gasteiger charge is 2.43. The quantitative estimate of drug-likeness (QED) is 0.740. The Morgan fingerprint density at radius 1 is 1.33 bits per heavy atom. The molecule has 8 heteroatoms. The lowest BCUT2D eigenvalue weighted by Gasteiger charge is -2.10. The van der Waals surface area contributed by atoms with Gasteiger partial charge >= 0.3 is 0 Å². The monoisotopic (exact) mass is 362 g/mol. The summed E-state index contributed by atoms with van der Waals surface area (Å²) in [6.45, 7) is 1.87. The van der Waals surface area contributed by atoms with Gasteiger partial charge in [0.15, 0.2) is 0 Å². The molecule has 0 spiro atoms. The number of hydrogen-bond donors (Lipinski definition) is 2. The fourth-order valence-electron chi connectivity index (χ4n) is 2.90. The van der Waals surface area contributed by atoms with Crippen molar-refractivity contribution < 1.29 is 9.18 Å². The van der Waals surface area contributed by atoms with Crippen LogP contribution in [0.15, 0.2) is 30.6 Å². The highest BCUT2D eigenvalue weighted by molar-refractivity contribution is 5.98. The molecule has 0 aliphatic heterocycles. The number of aryl methyl sites for hydroxylation is 1. The Hall–Kier alpha value is -3.60. The fourth-order valence-corrected chi connectivity index (χ4v) is 2.90. The number of nitrogens with two attached hydrogens (primary N) is 1. The van der Waals surface area contributed by atoms with E-state index in [2.05, 4.69) is 20.3 Å². The van der Waals surface area contributed by atoms with Gasteiger partial charge in [0.1, 0.15) is 29.6 Å². The van der Waals surface area contributed by atoms with Gasteiger partial charge in [0.05, 0.1) is 11.6 Å². The van der Waals surface area contributed by atoms with Crippen LogP contribution in [0.2, 0.25) is 0 Å². The molecule has 0 radical (unpaired) electrons. The van der Waals surface area contributed by atoms with Crippen LogP contribution in [0, 0.1) is 24.2 Å². The molecule has 1 saturated carbocycles. The molecule has 3 aromatic heterocycles. The maximum absolute atomic E-state index is 13.0. The van der Waals surface area contributed by atoms with Crippen LogP contribution >= 0.6 is 0 Å². The molecule has 134 valence electrons. The summed E-state index contributed by atoms with van der Waals surface area (Å²) in [7, 11) is 0. The van der Waals surface area contributed by atoms with Crippen molar-refractivity contribution in [1.82, 2.24) is 15.0 Å². The molecule has 1 aliphatic rings. The minimum absolute atomic E-state index is 0.253. The number of nitrogen functional groups attached to an aromatic ring is 1. The van der Waals surface area contributed by atoms with E-state index in [-0.39, 0.29) is 23.8 Å². The molecule has 3 N–H and O–H groups in total. The summed E-state index contributed by atoms with van der Waals surface area (Å²) in [5.74, 6) is -0.356. The smallest absolute Gasteiger partial charge is 0.231 e. The number of amides is 1. The lowest BCUT2D eigenvalue weighted by molar-refractivity contribution is -0.117. The summed E-state index contributed by atoms with van der Waals surface area (Å²) < 4.78 is 13.0. The molecular weight excluding hydrogens is 347 g/mol. The van der Waals surface area contributed by atoms with Crippen LogP contribution < -0.4 is 11.1 Å². The number of nitriles is 1. The second kappa shape index (κ2) is 6.29. The highest BCUT2D eigenvalue weighted by atomic mass is 19.1. The number of carbonyl (C=O) groups excluding carboxylic acids is 1. The summed E-state index contributed by atoms with van der Waals surface area (Å²) in [5.41, 5.74) is 8.54. The van der Waals surface area contributed by atoms with Gasteiger partial charge in [0, 0.05) is 23.3 Å². The van der Waals surface area contributed by atoms with E-state index in [0.29, 0.717) is 16.9 Å². The Balaban J connectivity index is 1.75. The number of alkyl halides is 1. The Morgan fingerprint density at radius 2 is 2.11 bits per heavy atom. The third-order valence-electron chi connectivity index (χ3n) is 4.54. The van der Waals surface area contributed by atoms with E-state index in [9.17, 15) is 9.18 Å². The molecule has 3 heterocycles. The van der Waals surface area contributed by atoms with E-state index in [1.807, 2.05) is 19.1 Å². The van der Waals surface area contributed by atoms with E-state index >= 15 is 0 Å². The van der Waals surface area contributed by atoms with E-state index in [0.717, 1.165) is 16.5 Å². The Morgan fingerprint density at radius 3 is 2.81 bits per heavy atom. The number of halogens is 1. The number of hydrogen-bond acceptors (Lipinski definition) is 6. The number of anilines is 2. The number of pyridine rings is 3. The van der Waals surface area contributed by atoms with Crippen molar-refractivity contribution in [3.05, 3.63) is 41.9 Å². The standard InChI is InChI=1S/C19H15FN6O/c1-9-7-23-11(6-21)4-12(9)16-2-10-3-17(24-8-14(10)18(22)25-16)26-19(27)13-5-15(13)20/h2-4,7-8,13,15H,5H2,1H3,(H2,22,25)(H,24,26,27)/t13-,15+/m0/s1. The van der Waals surface area contributed by atoms with Gasteiger partial charge in [-0.25, -0.2) is 19.3 Å². The van der Waals surface area contributed by atoms with Crippen molar-refractivity contribution in [2.24, 2.45) is 5.92 Å². The zero-order valence-corrected chi connectivity index (χ0v) is 14.4. The zero-order chi connectivity index (χ0) is 19.1. The van der Waals surface area contributed by atoms with E-state index in [1.165, 1.54) is 6.20 Å². The number of nitrogens with zero attached hydrogens (tertiary/aromatic N) is 4. The number of aromatic nitrogens is 3. The molecule has 2 atom stereocenters. The summed E-state index contributed by atoms with van der Waals surface area (Å²) in [5, 5.41) is 13.1. The van der Waals surface area contributed by atoms with Crippen molar-refractivity contribution >= 4 is 28.3 Å². The van der Waals surface area contributed by atoms with Gasteiger partial charge in [-0.15, -0.1) is 0 Å². The first-order valence-corrected chi connectivity index (χ1v) is 8.34. The number of fused-ring (bicyclic) bond motifs is 1. The molecule has 0 saturated heterocycles. The van der Waals surface area contributed by atoms with E-state index < -0.39 is 12.1 Å². The molecule has 1 amide bonds. The zero-order valence-electron chi connectivity index (χ0n) is 14.4. The van der Waals surface area contributed by atoms with Gasteiger partial charge in [-0.1, -0.05) is 0 Å². The first-order valence-electron chi connectivity index (χ1n) is 8.34. The molecule has 1 fully saturated rings. The molecule has 27 heavy (non-hydrogen) atoms. The Labute approximate surface area is 154 Å². The van der Waals surface area contributed by atoms with Crippen LogP contribution in [0.25, 0.3) is 22.0 Å². The summed E-state index contributed by atoms with van der Waals surface area (Å²) in [6.07, 6.45) is 2.32. The highest BCUT2D eigenvalue weighted by Crippen LogP contribution is 2.35. The third kappa shape index (κ3) is 3.15. The number of carbonyl (C=O) groups is 1. The van der Waals surface area contributed by atoms with Gasteiger partial charge in [0.25, 0.3) is 0 Å². The van der Waals surface area contributed by atoms with Crippen molar-refractivity contribution in [3.8, 4) is 17.3 Å². The predicted octanol–water partition coefficient (Wildman–Crippen LogP) is 2.75. The van der Waals surface area contributed by atoms with Crippen LogP contribution in [0.3, 0.4) is 0 Å². The van der Waals surface area contributed by atoms with Gasteiger partial charge in [0.2, 0.25) is 5.91 Å². The lowest BCUT2D eigenvalue weighted by Crippen LogP contribution is -2.15. The molecular formula is C19H15FN6O. The molecule has 0 aromatic carbocycles. The molecule has 4 rings (SSSR count). The van der Waals surface area contributed by atoms with E-state index in [1.54, 1.807) is 18.3 Å². The fraction of sp³-hybridized carbons (Fsp3) is 0.211. The van der Waals surface area contributed by atoms with Crippen LogP contribution in [0.1, 0.15) is 17.7 Å². The SMILES string of the molecule is Cc1cnc(C#N)cc1-c1cc2cc(NC(=O)[C@H]3C[C@H]3F)ncc2c(N)n1. The minimum atomic E-state index is -1.07. The minimum Gasteiger partial charge on any atom is -0.383 e. The molecule has 7 nitrogen and oxygen atoms in total. The molecule has 3 aromatic rings. The second-order valence-corrected chi connectivity index (χ2v) is 6.53. The van der Waals surface area contributed by atoms with Gasteiger partial charge in [-0.05, 0) is 42.5 Å². The first-order chi connectivity index (χ1) is 13.0. The van der Waals surface area contributed by atoms with Crippen LogP contribution in [0.5, 0.6) is 0 Å². The predicted molar refractivity (Wildman–Crippen MR) is 98.3 cm³/mol.